The molecule has 0 heterocycles. The van der Waals surface area contributed by atoms with Gasteiger partial charge < -0.3 is 4.74 Å². The minimum Gasteiger partial charge on any atom is -0.492 e. The Labute approximate surface area is 128 Å². The molecule has 0 bridgehead atoms. The zero-order valence-corrected chi connectivity index (χ0v) is 12.6. The SMILES string of the molecule is CCOc1cc(Cl)c(C(Cl)c2ccccc2)cc1Cl. The molecule has 2 aromatic carbocycles. The Morgan fingerprint density at radius 3 is 2.37 bits per heavy atom. The van der Waals surface area contributed by atoms with E-state index < -0.39 is 0 Å². The Morgan fingerprint density at radius 1 is 1.05 bits per heavy atom. The summed E-state index contributed by atoms with van der Waals surface area (Å²) >= 11 is 18.9. The summed E-state index contributed by atoms with van der Waals surface area (Å²) in [5.74, 6) is 0.579. The van der Waals surface area contributed by atoms with Crippen LogP contribution in [0.25, 0.3) is 0 Å². The predicted molar refractivity (Wildman–Crippen MR) is 81.8 cm³/mol. The number of rotatable bonds is 4. The Morgan fingerprint density at radius 2 is 1.74 bits per heavy atom. The smallest absolute Gasteiger partial charge is 0.139 e. The molecule has 0 aliphatic carbocycles. The van der Waals surface area contributed by atoms with Crippen molar-refractivity contribution in [2.75, 3.05) is 6.61 Å². The Bertz CT molecular complexity index is 555. The first kappa shape index (κ1) is 14.5. The van der Waals surface area contributed by atoms with Gasteiger partial charge in [-0.15, -0.1) is 11.6 Å². The molecule has 1 atom stereocenters. The molecule has 1 nitrogen and oxygen atoms in total. The second kappa shape index (κ2) is 6.51. The molecular formula is C15H13Cl3O. The number of benzene rings is 2. The molecule has 19 heavy (non-hydrogen) atoms. The number of halogens is 3. The van der Waals surface area contributed by atoms with Gasteiger partial charge in [-0.05, 0) is 24.1 Å². The van der Waals surface area contributed by atoms with Gasteiger partial charge in [-0.2, -0.15) is 0 Å². The lowest BCUT2D eigenvalue weighted by atomic mass is 10.0. The van der Waals surface area contributed by atoms with E-state index >= 15 is 0 Å². The summed E-state index contributed by atoms with van der Waals surface area (Å²) in [4.78, 5) is 0. The molecule has 0 radical (unpaired) electrons. The Hall–Kier alpha value is -0.890. The second-order valence-electron chi connectivity index (χ2n) is 4.01. The van der Waals surface area contributed by atoms with Gasteiger partial charge in [0.2, 0.25) is 0 Å². The number of hydrogen-bond acceptors (Lipinski definition) is 1. The summed E-state index contributed by atoms with van der Waals surface area (Å²) in [5.41, 5.74) is 1.76. The molecule has 0 amide bonds. The van der Waals surface area contributed by atoms with Gasteiger partial charge in [0.1, 0.15) is 5.75 Å². The molecule has 0 saturated heterocycles. The second-order valence-corrected chi connectivity index (χ2v) is 5.26. The van der Waals surface area contributed by atoms with Crippen molar-refractivity contribution in [1.29, 1.82) is 0 Å². The maximum atomic E-state index is 6.45. The van der Waals surface area contributed by atoms with Crippen molar-refractivity contribution in [2.24, 2.45) is 0 Å². The average Bonchev–Trinajstić information content (AvgIpc) is 2.43. The lowest BCUT2D eigenvalue weighted by molar-refractivity contribution is 0.340. The normalized spacial score (nSPS) is 12.2. The summed E-state index contributed by atoms with van der Waals surface area (Å²) in [6.45, 7) is 2.44. The first-order valence-corrected chi connectivity index (χ1v) is 7.13. The molecular weight excluding hydrogens is 303 g/mol. The van der Waals surface area contributed by atoms with Crippen LogP contribution in [0.1, 0.15) is 23.4 Å². The fraction of sp³-hybridized carbons (Fsp3) is 0.200. The summed E-state index contributed by atoms with van der Waals surface area (Å²) in [6, 6.07) is 13.2. The Kier molecular flexibility index (Phi) is 4.98. The van der Waals surface area contributed by atoms with E-state index in [-0.39, 0.29) is 5.38 Å². The lowest BCUT2D eigenvalue weighted by Gasteiger charge is -2.15. The first-order chi connectivity index (χ1) is 9.13. The van der Waals surface area contributed by atoms with Crippen LogP contribution in [0.3, 0.4) is 0 Å². The predicted octanol–water partition coefficient (Wildman–Crippen LogP) is 5.72. The van der Waals surface area contributed by atoms with Crippen LogP contribution in [0.4, 0.5) is 0 Å². The van der Waals surface area contributed by atoms with Crippen molar-refractivity contribution in [3.05, 3.63) is 63.6 Å². The zero-order valence-electron chi connectivity index (χ0n) is 10.4. The van der Waals surface area contributed by atoms with Crippen molar-refractivity contribution >= 4 is 34.8 Å². The molecule has 0 aliphatic heterocycles. The van der Waals surface area contributed by atoms with Crippen LogP contribution >= 0.6 is 34.8 Å². The first-order valence-electron chi connectivity index (χ1n) is 5.94. The Balaban J connectivity index is 2.38. The quantitative estimate of drug-likeness (QED) is 0.656. The van der Waals surface area contributed by atoms with E-state index in [0.29, 0.717) is 22.4 Å². The molecule has 0 N–H and O–H groups in total. The third-order valence-electron chi connectivity index (χ3n) is 2.72. The zero-order chi connectivity index (χ0) is 13.8. The van der Waals surface area contributed by atoms with Crippen LogP contribution < -0.4 is 4.74 Å². The van der Waals surface area contributed by atoms with Gasteiger partial charge in [0.15, 0.2) is 0 Å². The van der Waals surface area contributed by atoms with Crippen LogP contribution in [0.2, 0.25) is 10.0 Å². The topological polar surface area (TPSA) is 9.23 Å². The van der Waals surface area contributed by atoms with Crippen molar-refractivity contribution in [1.82, 2.24) is 0 Å². The van der Waals surface area contributed by atoms with Gasteiger partial charge >= 0.3 is 0 Å². The van der Waals surface area contributed by atoms with Gasteiger partial charge in [-0.1, -0.05) is 53.5 Å². The highest BCUT2D eigenvalue weighted by molar-refractivity contribution is 6.36. The fourth-order valence-corrected chi connectivity index (χ4v) is 2.68. The molecule has 2 aromatic rings. The molecule has 0 saturated carbocycles. The maximum Gasteiger partial charge on any atom is 0.139 e. The van der Waals surface area contributed by atoms with Gasteiger partial charge in [0.05, 0.1) is 17.0 Å². The third-order valence-corrected chi connectivity index (χ3v) is 3.83. The van der Waals surface area contributed by atoms with Crippen LogP contribution in [0.5, 0.6) is 5.75 Å². The number of alkyl halides is 1. The van der Waals surface area contributed by atoms with Crippen LogP contribution in [0, 0.1) is 0 Å². The van der Waals surface area contributed by atoms with Crippen LogP contribution in [-0.2, 0) is 0 Å². The van der Waals surface area contributed by atoms with E-state index in [0.717, 1.165) is 11.1 Å². The highest BCUT2D eigenvalue weighted by Crippen LogP contribution is 2.39. The van der Waals surface area contributed by atoms with Crippen LogP contribution in [0.15, 0.2) is 42.5 Å². The molecule has 0 aromatic heterocycles. The summed E-state index contributed by atoms with van der Waals surface area (Å²) in [6.07, 6.45) is 0. The lowest BCUT2D eigenvalue weighted by Crippen LogP contribution is -1.97. The van der Waals surface area contributed by atoms with Crippen molar-refractivity contribution in [2.45, 2.75) is 12.3 Å². The molecule has 0 aliphatic rings. The van der Waals surface area contributed by atoms with Gasteiger partial charge in [-0.25, -0.2) is 0 Å². The molecule has 0 fully saturated rings. The van der Waals surface area contributed by atoms with E-state index in [1.54, 1.807) is 12.1 Å². The molecule has 0 spiro atoms. The number of ether oxygens (including phenoxy) is 1. The summed E-state index contributed by atoms with van der Waals surface area (Å²) < 4.78 is 5.40. The monoisotopic (exact) mass is 314 g/mol. The average molecular weight is 316 g/mol. The van der Waals surface area contributed by atoms with E-state index in [4.69, 9.17) is 39.5 Å². The molecule has 4 heteroatoms. The highest BCUT2D eigenvalue weighted by Gasteiger charge is 2.17. The summed E-state index contributed by atoms with van der Waals surface area (Å²) in [5, 5.41) is 0.737. The fourth-order valence-electron chi connectivity index (χ4n) is 1.81. The molecule has 2 rings (SSSR count). The maximum absolute atomic E-state index is 6.45. The van der Waals surface area contributed by atoms with Gasteiger partial charge in [-0.3, -0.25) is 0 Å². The van der Waals surface area contributed by atoms with E-state index in [9.17, 15) is 0 Å². The minimum absolute atomic E-state index is 0.332. The highest BCUT2D eigenvalue weighted by atomic mass is 35.5. The minimum atomic E-state index is -0.332. The van der Waals surface area contributed by atoms with E-state index in [1.165, 1.54) is 0 Å². The van der Waals surface area contributed by atoms with E-state index in [1.807, 2.05) is 37.3 Å². The third kappa shape index (κ3) is 3.36. The van der Waals surface area contributed by atoms with Crippen molar-refractivity contribution in [3.63, 3.8) is 0 Å². The van der Waals surface area contributed by atoms with Gasteiger partial charge in [0, 0.05) is 11.1 Å². The summed E-state index contributed by atoms with van der Waals surface area (Å²) in [7, 11) is 0. The molecule has 100 valence electrons. The van der Waals surface area contributed by atoms with Crippen molar-refractivity contribution in [3.8, 4) is 5.75 Å². The van der Waals surface area contributed by atoms with Crippen LogP contribution in [-0.4, -0.2) is 6.61 Å². The van der Waals surface area contributed by atoms with Crippen molar-refractivity contribution < 1.29 is 4.74 Å². The largest absolute Gasteiger partial charge is 0.492 e. The standard InChI is InChI=1S/C15H13Cl3O/c1-2-19-14-9-12(16)11(8-13(14)17)15(18)10-6-4-3-5-7-10/h3-9,15H,2H2,1H3. The molecule has 1 unspecified atom stereocenters. The number of hydrogen-bond donors (Lipinski definition) is 0. The van der Waals surface area contributed by atoms with E-state index in [2.05, 4.69) is 0 Å². The van der Waals surface area contributed by atoms with Gasteiger partial charge in [0.25, 0.3) is 0 Å².